The number of para-hydroxylation sites is 1. The van der Waals surface area contributed by atoms with Crippen LogP contribution in [0.25, 0.3) is 0 Å². The second kappa shape index (κ2) is 6.99. The molecule has 7 heteroatoms. The van der Waals surface area contributed by atoms with Gasteiger partial charge in [0, 0.05) is 0 Å². The van der Waals surface area contributed by atoms with Gasteiger partial charge in [0.1, 0.15) is 15.7 Å². The van der Waals surface area contributed by atoms with E-state index < -0.39 is 10.0 Å². The Hall–Kier alpha value is -1.43. The summed E-state index contributed by atoms with van der Waals surface area (Å²) in [6, 6.07) is 10.1. The van der Waals surface area contributed by atoms with Crippen molar-refractivity contribution >= 4 is 38.9 Å². The highest BCUT2D eigenvalue weighted by molar-refractivity contribution is 7.92. The van der Waals surface area contributed by atoms with Crippen molar-refractivity contribution in [3.8, 4) is 5.75 Å². The van der Waals surface area contributed by atoms with Crippen LogP contribution in [-0.4, -0.2) is 15.5 Å². The maximum atomic E-state index is 12.7. The van der Waals surface area contributed by atoms with Crippen molar-refractivity contribution in [1.82, 2.24) is 0 Å². The van der Waals surface area contributed by atoms with Gasteiger partial charge < -0.3 is 4.74 Å². The molecule has 2 aromatic carbocycles. The molecule has 0 aliphatic rings. The molecule has 1 N–H and O–H groups in total. The Labute approximate surface area is 146 Å². The average Bonchev–Trinajstić information content (AvgIpc) is 2.49. The molecular weight excluding hydrogens is 357 g/mol. The minimum Gasteiger partial charge on any atom is -0.495 e. The fourth-order valence-corrected chi connectivity index (χ4v) is 4.10. The Kier molecular flexibility index (Phi) is 5.45. The van der Waals surface area contributed by atoms with Gasteiger partial charge in [-0.1, -0.05) is 55.2 Å². The van der Waals surface area contributed by atoms with E-state index in [2.05, 4.69) is 4.72 Å². The quantitative estimate of drug-likeness (QED) is 0.808. The predicted molar refractivity (Wildman–Crippen MR) is 94.4 cm³/mol. The Morgan fingerprint density at radius 2 is 1.70 bits per heavy atom. The van der Waals surface area contributed by atoms with Crippen LogP contribution < -0.4 is 9.46 Å². The minimum absolute atomic E-state index is 0.0641. The fraction of sp³-hybridized carbons (Fsp3) is 0.250. The van der Waals surface area contributed by atoms with Gasteiger partial charge >= 0.3 is 0 Å². The van der Waals surface area contributed by atoms with Crippen LogP contribution in [-0.2, 0) is 10.0 Å². The lowest BCUT2D eigenvalue weighted by atomic mass is 10.0. The Morgan fingerprint density at radius 3 is 2.30 bits per heavy atom. The first-order valence-corrected chi connectivity index (χ1v) is 9.15. The lowest BCUT2D eigenvalue weighted by Gasteiger charge is -2.16. The largest absolute Gasteiger partial charge is 0.495 e. The number of hydrogen-bond acceptors (Lipinski definition) is 3. The molecule has 0 aliphatic carbocycles. The van der Waals surface area contributed by atoms with Crippen molar-refractivity contribution in [2.24, 2.45) is 0 Å². The normalized spacial score (nSPS) is 11.6. The highest BCUT2D eigenvalue weighted by atomic mass is 35.5. The molecule has 0 aliphatic heterocycles. The van der Waals surface area contributed by atoms with Crippen LogP contribution in [0, 0.1) is 0 Å². The van der Waals surface area contributed by atoms with Crippen molar-refractivity contribution in [2.75, 3.05) is 11.8 Å². The van der Waals surface area contributed by atoms with E-state index >= 15 is 0 Å². The fourth-order valence-electron chi connectivity index (χ4n) is 2.17. The van der Waals surface area contributed by atoms with E-state index in [-0.39, 0.29) is 20.9 Å². The third kappa shape index (κ3) is 3.74. The molecule has 2 aromatic rings. The second-order valence-corrected chi connectivity index (χ2v) is 7.65. The van der Waals surface area contributed by atoms with E-state index in [1.807, 2.05) is 26.0 Å². The lowest BCUT2D eigenvalue weighted by molar-refractivity contribution is 0.414. The summed E-state index contributed by atoms with van der Waals surface area (Å²) in [6.45, 7) is 3.98. The van der Waals surface area contributed by atoms with Gasteiger partial charge in [0.25, 0.3) is 10.0 Å². The smallest absolute Gasteiger partial charge is 0.263 e. The molecule has 0 saturated carbocycles. The number of sulfonamides is 1. The second-order valence-electron chi connectivity index (χ2n) is 5.24. The van der Waals surface area contributed by atoms with Crippen LogP contribution in [0.2, 0.25) is 10.0 Å². The van der Waals surface area contributed by atoms with Crippen LogP contribution >= 0.6 is 23.2 Å². The molecule has 124 valence electrons. The van der Waals surface area contributed by atoms with E-state index in [9.17, 15) is 8.42 Å². The predicted octanol–water partition coefficient (Wildman–Crippen LogP) is 4.93. The zero-order valence-electron chi connectivity index (χ0n) is 12.9. The molecule has 4 nitrogen and oxygen atoms in total. The van der Waals surface area contributed by atoms with Crippen LogP contribution in [0.3, 0.4) is 0 Å². The standard InChI is InChI=1S/C16H17Cl2NO3S/c1-10(2)11-6-4-5-7-12(11)19-23(20,21)14-9-8-13(22-3)15(17)16(14)18/h4-10,19H,1-3H3. The molecule has 0 bridgehead atoms. The van der Waals surface area contributed by atoms with Crippen molar-refractivity contribution in [3.63, 3.8) is 0 Å². The van der Waals surface area contributed by atoms with Crippen LogP contribution in [0.4, 0.5) is 5.69 Å². The molecule has 0 radical (unpaired) electrons. The molecule has 23 heavy (non-hydrogen) atoms. The number of anilines is 1. The Morgan fingerprint density at radius 1 is 1.04 bits per heavy atom. The molecular formula is C16H17Cl2NO3S. The van der Waals surface area contributed by atoms with Gasteiger partial charge in [-0.3, -0.25) is 4.72 Å². The third-order valence-corrected chi connectivity index (χ3v) is 5.73. The number of nitrogens with one attached hydrogen (secondary N) is 1. The first kappa shape index (κ1) is 17.9. The van der Waals surface area contributed by atoms with Gasteiger partial charge in [-0.2, -0.15) is 0 Å². The Bertz CT molecular complexity index is 820. The zero-order chi connectivity index (χ0) is 17.2. The van der Waals surface area contributed by atoms with Crippen molar-refractivity contribution in [1.29, 1.82) is 0 Å². The number of ether oxygens (including phenoxy) is 1. The molecule has 0 heterocycles. The number of hydrogen-bond donors (Lipinski definition) is 1. The summed E-state index contributed by atoms with van der Waals surface area (Å²) in [4.78, 5) is -0.0940. The summed E-state index contributed by atoms with van der Waals surface area (Å²) in [5.41, 5.74) is 1.41. The topological polar surface area (TPSA) is 55.4 Å². The Balaban J connectivity index is 2.47. The van der Waals surface area contributed by atoms with E-state index in [4.69, 9.17) is 27.9 Å². The molecule has 2 rings (SSSR count). The molecule has 0 fully saturated rings. The lowest BCUT2D eigenvalue weighted by Crippen LogP contribution is -2.15. The number of rotatable bonds is 5. The monoisotopic (exact) mass is 373 g/mol. The van der Waals surface area contributed by atoms with Gasteiger partial charge in [0.2, 0.25) is 0 Å². The summed E-state index contributed by atoms with van der Waals surface area (Å²) in [5, 5.41) is -0.00488. The third-order valence-electron chi connectivity index (χ3n) is 3.35. The summed E-state index contributed by atoms with van der Waals surface area (Å²) < 4.78 is 32.9. The summed E-state index contributed by atoms with van der Waals surface area (Å²) in [5.74, 6) is 0.488. The van der Waals surface area contributed by atoms with E-state index in [0.29, 0.717) is 11.4 Å². The maximum Gasteiger partial charge on any atom is 0.263 e. The van der Waals surface area contributed by atoms with Crippen molar-refractivity contribution in [3.05, 3.63) is 52.0 Å². The van der Waals surface area contributed by atoms with Gasteiger partial charge in [0.05, 0.1) is 17.8 Å². The van der Waals surface area contributed by atoms with E-state index in [1.165, 1.54) is 19.2 Å². The maximum absolute atomic E-state index is 12.7. The average molecular weight is 374 g/mol. The van der Waals surface area contributed by atoms with Gasteiger partial charge in [0.15, 0.2) is 0 Å². The van der Waals surface area contributed by atoms with Crippen LogP contribution in [0.5, 0.6) is 5.75 Å². The molecule has 0 saturated heterocycles. The number of halogens is 2. The first-order valence-electron chi connectivity index (χ1n) is 6.91. The molecule has 0 atom stereocenters. The summed E-state index contributed by atoms with van der Waals surface area (Å²) in [7, 11) is -2.44. The highest BCUT2D eigenvalue weighted by Gasteiger charge is 2.23. The molecule has 0 amide bonds. The van der Waals surface area contributed by atoms with Gasteiger partial charge in [-0.25, -0.2) is 8.42 Å². The van der Waals surface area contributed by atoms with Crippen LogP contribution in [0.1, 0.15) is 25.3 Å². The number of benzene rings is 2. The number of methoxy groups -OCH3 is 1. The van der Waals surface area contributed by atoms with E-state index in [1.54, 1.807) is 12.1 Å². The highest BCUT2D eigenvalue weighted by Crippen LogP contribution is 2.37. The zero-order valence-corrected chi connectivity index (χ0v) is 15.3. The van der Waals surface area contributed by atoms with Crippen LogP contribution in [0.15, 0.2) is 41.3 Å². The summed E-state index contributed by atoms with van der Waals surface area (Å²) in [6.07, 6.45) is 0. The summed E-state index contributed by atoms with van der Waals surface area (Å²) >= 11 is 12.1. The van der Waals surface area contributed by atoms with E-state index in [0.717, 1.165) is 5.56 Å². The molecule has 0 aromatic heterocycles. The molecule has 0 unspecified atom stereocenters. The van der Waals surface area contributed by atoms with Crippen molar-refractivity contribution in [2.45, 2.75) is 24.7 Å². The van der Waals surface area contributed by atoms with Gasteiger partial charge in [-0.05, 0) is 29.7 Å². The van der Waals surface area contributed by atoms with Crippen molar-refractivity contribution < 1.29 is 13.2 Å². The van der Waals surface area contributed by atoms with Gasteiger partial charge in [-0.15, -0.1) is 0 Å². The molecule has 0 spiro atoms. The first-order chi connectivity index (χ1) is 10.8. The SMILES string of the molecule is COc1ccc(S(=O)(=O)Nc2ccccc2C(C)C)c(Cl)c1Cl. The minimum atomic E-state index is -3.87.